The molecule has 0 aromatic heterocycles. The minimum atomic E-state index is 0.208. The highest BCUT2D eigenvalue weighted by atomic mass is 35.5. The van der Waals surface area contributed by atoms with Gasteiger partial charge in [0.2, 0.25) is 6.08 Å². The van der Waals surface area contributed by atoms with Gasteiger partial charge in [0.05, 0.1) is 0 Å². The summed E-state index contributed by atoms with van der Waals surface area (Å²) >= 11 is 5.41. The number of nitrogens with zero attached hydrogens (tertiary/aromatic N) is 1. The topological polar surface area (TPSA) is 29.4 Å². The van der Waals surface area contributed by atoms with E-state index in [1.165, 1.54) is 6.08 Å². The Morgan fingerprint density at radius 2 is 2.33 bits per heavy atom. The third-order valence-electron chi connectivity index (χ3n) is 0.623. The lowest BCUT2D eigenvalue weighted by atomic mass is 10.2. The molecular weight excluding hydrogens is 138 g/mol. The van der Waals surface area contributed by atoms with Crippen LogP contribution in [0, 0.1) is 5.92 Å². The van der Waals surface area contributed by atoms with Gasteiger partial charge < -0.3 is 0 Å². The van der Waals surface area contributed by atoms with E-state index in [0.29, 0.717) is 5.92 Å². The van der Waals surface area contributed by atoms with Crippen molar-refractivity contribution < 1.29 is 4.79 Å². The molecule has 50 valence electrons. The minimum Gasteiger partial charge on any atom is -0.211 e. The fraction of sp³-hybridized carbons (Fsp3) is 0.500. The molecule has 0 atom stereocenters. The number of hydrogen-bond donors (Lipinski definition) is 0. The Hall–Kier alpha value is -0.590. The van der Waals surface area contributed by atoms with E-state index < -0.39 is 0 Å². The molecule has 0 aliphatic heterocycles. The van der Waals surface area contributed by atoms with E-state index >= 15 is 0 Å². The van der Waals surface area contributed by atoms with Gasteiger partial charge in [-0.15, -0.1) is 0 Å². The molecule has 0 rings (SSSR count). The molecule has 0 radical (unpaired) electrons. The Morgan fingerprint density at radius 1 is 1.78 bits per heavy atom. The molecule has 0 bridgehead atoms. The zero-order chi connectivity index (χ0) is 7.28. The van der Waals surface area contributed by atoms with Gasteiger partial charge in [-0.1, -0.05) is 25.4 Å². The highest BCUT2D eigenvalue weighted by Gasteiger charge is 1.89. The Kier molecular flexibility index (Phi) is 4.02. The lowest BCUT2D eigenvalue weighted by Gasteiger charge is -1.90. The average molecular weight is 146 g/mol. The van der Waals surface area contributed by atoms with E-state index in [1.807, 2.05) is 13.8 Å². The van der Waals surface area contributed by atoms with Crippen LogP contribution in [0.5, 0.6) is 0 Å². The highest BCUT2D eigenvalue weighted by Crippen LogP contribution is 2.06. The standard InChI is InChI=1S/C6H8ClNO/c1-5(2)3-6(7)8-4-9/h3,5H,1-2H3/b6-3+. The normalized spacial score (nSPS) is 11.3. The van der Waals surface area contributed by atoms with Gasteiger partial charge >= 0.3 is 0 Å². The third-order valence-corrected chi connectivity index (χ3v) is 0.834. The van der Waals surface area contributed by atoms with Crippen LogP contribution in [0.15, 0.2) is 16.2 Å². The van der Waals surface area contributed by atoms with Crippen LogP contribution in [0.2, 0.25) is 0 Å². The van der Waals surface area contributed by atoms with Gasteiger partial charge in [0.1, 0.15) is 5.16 Å². The van der Waals surface area contributed by atoms with Crippen LogP contribution in [-0.4, -0.2) is 6.08 Å². The minimum absolute atomic E-state index is 0.208. The maximum absolute atomic E-state index is 9.58. The molecule has 0 saturated heterocycles. The zero-order valence-corrected chi connectivity index (χ0v) is 6.14. The molecule has 0 aliphatic carbocycles. The first-order valence-corrected chi connectivity index (χ1v) is 2.99. The Bertz CT molecular complexity index is 156. The first kappa shape index (κ1) is 8.41. The summed E-state index contributed by atoms with van der Waals surface area (Å²) in [6.45, 7) is 3.89. The van der Waals surface area contributed by atoms with Crippen molar-refractivity contribution in [1.29, 1.82) is 0 Å². The average Bonchev–Trinajstić information content (AvgIpc) is 1.63. The highest BCUT2D eigenvalue weighted by molar-refractivity contribution is 6.29. The van der Waals surface area contributed by atoms with Crippen LogP contribution in [0.3, 0.4) is 0 Å². The second kappa shape index (κ2) is 4.30. The molecule has 0 aliphatic rings. The molecule has 3 heteroatoms. The van der Waals surface area contributed by atoms with Gasteiger partial charge in [0, 0.05) is 0 Å². The van der Waals surface area contributed by atoms with Crippen LogP contribution >= 0.6 is 11.6 Å². The predicted octanol–water partition coefficient (Wildman–Crippen LogP) is 2.06. The van der Waals surface area contributed by atoms with Gasteiger partial charge in [-0.05, 0) is 12.0 Å². The Balaban J connectivity index is 3.99. The summed E-state index contributed by atoms with van der Waals surface area (Å²) < 4.78 is 0. The maximum Gasteiger partial charge on any atom is 0.241 e. The number of aliphatic imine (C=N–C) groups is 1. The van der Waals surface area contributed by atoms with E-state index in [9.17, 15) is 4.79 Å². The number of isocyanates is 1. The summed E-state index contributed by atoms with van der Waals surface area (Å²) in [6.07, 6.45) is 3.02. The first-order valence-electron chi connectivity index (χ1n) is 2.62. The monoisotopic (exact) mass is 145 g/mol. The van der Waals surface area contributed by atoms with Gasteiger partial charge in [0.15, 0.2) is 0 Å². The van der Waals surface area contributed by atoms with E-state index in [4.69, 9.17) is 11.6 Å². The third kappa shape index (κ3) is 5.28. The van der Waals surface area contributed by atoms with Crippen LogP contribution in [0.1, 0.15) is 13.8 Å². The van der Waals surface area contributed by atoms with Crippen LogP contribution in [-0.2, 0) is 4.79 Å². The number of carbonyl (C=O) groups excluding carboxylic acids is 1. The molecule has 0 heterocycles. The van der Waals surface area contributed by atoms with E-state index in [-0.39, 0.29) is 5.16 Å². The maximum atomic E-state index is 9.58. The van der Waals surface area contributed by atoms with Crippen molar-refractivity contribution in [3.05, 3.63) is 11.2 Å². The fourth-order valence-corrected chi connectivity index (χ4v) is 0.642. The lowest BCUT2D eigenvalue weighted by molar-refractivity contribution is 0.565. The SMILES string of the molecule is CC(C)/C=C(\Cl)N=C=O. The largest absolute Gasteiger partial charge is 0.241 e. The Labute approximate surface area is 59.2 Å². The first-order chi connectivity index (χ1) is 4.16. The quantitative estimate of drug-likeness (QED) is 0.332. The summed E-state index contributed by atoms with van der Waals surface area (Å²) in [5.74, 6) is 0.314. The molecule has 0 fully saturated rings. The van der Waals surface area contributed by atoms with Crippen LogP contribution < -0.4 is 0 Å². The smallest absolute Gasteiger partial charge is 0.211 e. The number of halogens is 1. The van der Waals surface area contributed by atoms with Crippen molar-refractivity contribution in [1.82, 2.24) is 0 Å². The van der Waals surface area contributed by atoms with Crippen molar-refractivity contribution in [2.75, 3.05) is 0 Å². The molecule has 0 saturated carbocycles. The summed E-state index contributed by atoms with van der Waals surface area (Å²) in [7, 11) is 0. The summed E-state index contributed by atoms with van der Waals surface area (Å²) in [5, 5.41) is 0.208. The summed E-state index contributed by atoms with van der Waals surface area (Å²) in [6, 6.07) is 0. The number of allylic oxidation sites excluding steroid dienone is 1. The van der Waals surface area contributed by atoms with Gasteiger partial charge in [0.25, 0.3) is 0 Å². The van der Waals surface area contributed by atoms with Crippen LogP contribution in [0.4, 0.5) is 0 Å². The molecule has 0 spiro atoms. The van der Waals surface area contributed by atoms with Gasteiger partial charge in [-0.25, -0.2) is 4.79 Å². The fourth-order valence-electron chi connectivity index (χ4n) is 0.356. The summed E-state index contributed by atoms with van der Waals surface area (Å²) in [4.78, 5) is 12.8. The van der Waals surface area contributed by atoms with Crippen molar-refractivity contribution >= 4 is 17.7 Å². The van der Waals surface area contributed by atoms with Crippen molar-refractivity contribution in [3.8, 4) is 0 Å². The second-order valence-electron chi connectivity index (χ2n) is 1.94. The van der Waals surface area contributed by atoms with Crippen molar-refractivity contribution in [2.45, 2.75) is 13.8 Å². The van der Waals surface area contributed by atoms with Gasteiger partial charge in [-0.2, -0.15) is 4.99 Å². The molecule has 9 heavy (non-hydrogen) atoms. The molecule has 0 aromatic carbocycles. The van der Waals surface area contributed by atoms with Crippen LogP contribution in [0.25, 0.3) is 0 Å². The van der Waals surface area contributed by atoms with E-state index in [2.05, 4.69) is 4.99 Å². The summed E-state index contributed by atoms with van der Waals surface area (Å²) in [5.41, 5.74) is 0. The number of hydrogen-bond acceptors (Lipinski definition) is 2. The lowest BCUT2D eigenvalue weighted by Crippen LogP contribution is -1.78. The molecule has 0 aromatic rings. The van der Waals surface area contributed by atoms with Crippen molar-refractivity contribution in [2.24, 2.45) is 10.9 Å². The predicted molar refractivity (Wildman–Crippen MR) is 36.9 cm³/mol. The molecule has 0 unspecified atom stereocenters. The number of rotatable bonds is 2. The van der Waals surface area contributed by atoms with E-state index in [1.54, 1.807) is 6.08 Å². The molecule has 0 amide bonds. The van der Waals surface area contributed by atoms with E-state index in [0.717, 1.165) is 0 Å². The molecule has 2 nitrogen and oxygen atoms in total. The Morgan fingerprint density at radius 3 is 2.67 bits per heavy atom. The van der Waals surface area contributed by atoms with Crippen molar-refractivity contribution in [3.63, 3.8) is 0 Å². The molecular formula is C6H8ClNO. The zero-order valence-electron chi connectivity index (χ0n) is 5.39. The van der Waals surface area contributed by atoms with Gasteiger partial charge in [-0.3, -0.25) is 0 Å². The molecule has 0 N–H and O–H groups in total. The second-order valence-corrected chi connectivity index (χ2v) is 2.32.